The van der Waals surface area contributed by atoms with E-state index in [1.54, 1.807) is 0 Å². The zero-order valence-electron chi connectivity index (χ0n) is 17.4. The minimum Gasteiger partial charge on any atom is -0.326 e. The van der Waals surface area contributed by atoms with Crippen LogP contribution in [0.4, 0.5) is 17.3 Å². The van der Waals surface area contributed by atoms with Gasteiger partial charge in [0, 0.05) is 29.2 Å². The van der Waals surface area contributed by atoms with Gasteiger partial charge in [-0.15, -0.1) is 0 Å². The van der Waals surface area contributed by atoms with Crippen LogP contribution in [0.3, 0.4) is 0 Å². The molecule has 0 aliphatic heterocycles. The molecule has 1 aromatic heterocycles. The van der Waals surface area contributed by atoms with Gasteiger partial charge in [-0.1, -0.05) is 6.07 Å². The van der Waals surface area contributed by atoms with Crippen LogP contribution >= 0.6 is 0 Å². The van der Waals surface area contributed by atoms with Crippen LogP contribution in [0.1, 0.15) is 56.3 Å². The molecule has 152 valence electrons. The minimum absolute atomic E-state index is 0.159. The first-order valence-corrected chi connectivity index (χ1v) is 10.9. The van der Waals surface area contributed by atoms with E-state index in [0.717, 1.165) is 40.5 Å². The molecule has 1 amide bonds. The Kier molecular flexibility index (Phi) is 4.56. The van der Waals surface area contributed by atoms with Crippen LogP contribution in [0, 0.1) is 37.0 Å². The lowest BCUT2D eigenvalue weighted by Gasteiger charge is -2.56. The Bertz CT molecular complexity index is 883. The highest BCUT2D eigenvalue weighted by atomic mass is 16.1. The summed E-state index contributed by atoms with van der Waals surface area (Å²) in [6.07, 6.45) is 8.70. The number of anilines is 3. The molecular weight excluding hydrogens is 360 g/mol. The quantitative estimate of drug-likeness (QED) is 0.719. The minimum atomic E-state index is 0.159. The number of hydrogen-bond donors (Lipinski definition) is 2. The van der Waals surface area contributed by atoms with Gasteiger partial charge in [-0.2, -0.15) is 0 Å². The first-order valence-electron chi connectivity index (χ1n) is 10.9. The van der Waals surface area contributed by atoms with Crippen molar-refractivity contribution >= 4 is 23.2 Å². The zero-order chi connectivity index (χ0) is 20.0. The molecule has 4 bridgehead atoms. The highest BCUT2D eigenvalue weighted by molar-refractivity contribution is 5.91. The molecule has 5 heteroatoms. The van der Waals surface area contributed by atoms with Crippen LogP contribution in [-0.2, 0) is 4.79 Å². The van der Waals surface area contributed by atoms with Gasteiger partial charge in [0.05, 0.1) is 0 Å². The number of benzene rings is 1. The van der Waals surface area contributed by atoms with Gasteiger partial charge in [0.25, 0.3) is 0 Å². The van der Waals surface area contributed by atoms with E-state index in [9.17, 15) is 4.79 Å². The molecular formula is C24H30N4O. The van der Waals surface area contributed by atoms with Crippen LogP contribution in [0.2, 0.25) is 0 Å². The van der Waals surface area contributed by atoms with E-state index in [0.29, 0.717) is 12.4 Å². The van der Waals surface area contributed by atoms with Crippen molar-refractivity contribution in [2.24, 2.45) is 23.2 Å². The summed E-state index contributed by atoms with van der Waals surface area (Å²) in [4.78, 5) is 21.8. The maximum Gasteiger partial charge on any atom is 0.227 e. The number of nitrogens with one attached hydrogen (secondary N) is 2. The molecule has 1 aromatic carbocycles. The Hall–Kier alpha value is -2.43. The van der Waals surface area contributed by atoms with E-state index in [4.69, 9.17) is 0 Å². The second-order valence-corrected chi connectivity index (χ2v) is 9.82. The number of carbonyl (C=O) groups excluding carboxylic acids is 1. The lowest BCUT2D eigenvalue weighted by Crippen LogP contribution is -2.47. The van der Waals surface area contributed by atoms with Gasteiger partial charge >= 0.3 is 0 Å². The van der Waals surface area contributed by atoms with E-state index in [1.165, 1.54) is 38.5 Å². The van der Waals surface area contributed by atoms with Gasteiger partial charge in [-0.25, -0.2) is 9.97 Å². The largest absolute Gasteiger partial charge is 0.326 e. The number of rotatable bonds is 5. The summed E-state index contributed by atoms with van der Waals surface area (Å²) >= 11 is 0. The third-order valence-electron chi connectivity index (χ3n) is 7.09. The molecule has 4 aliphatic rings. The molecule has 0 atom stereocenters. The SMILES string of the molecule is Cc1cc(C)nc(Nc2cccc(NC(=O)CC34CC5CC(CC(C5)C3)C4)c2)n1. The number of nitrogens with zero attached hydrogens (tertiary/aromatic N) is 2. The number of aromatic nitrogens is 2. The zero-order valence-corrected chi connectivity index (χ0v) is 17.4. The van der Waals surface area contributed by atoms with E-state index in [2.05, 4.69) is 20.6 Å². The summed E-state index contributed by atoms with van der Waals surface area (Å²) in [5, 5.41) is 6.40. The Labute approximate surface area is 172 Å². The van der Waals surface area contributed by atoms with Gasteiger partial charge in [-0.3, -0.25) is 4.79 Å². The third-order valence-corrected chi connectivity index (χ3v) is 7.09. The highest BCUT2D eigenvalue weighted by Crippen LogP contribution is 2.61. The Morgan fingerprint density at radius 3 is 2.17 bits per heavy atom. The standard InChI is InChI=1S/C24H30N4O/c1-15-6-16(2)26-23(25-15)28-21-5-3-4-20(10-21)27-22(29)14-24-11-17-7-18(12-24)9-19(8-17)13-24/h3-6,10,17-19H,7-9,11-14H2,1-2H3,(H,27,29)(H,25,26,28). The average Bonchev–Trinajstić information content (AvgIpc) is 2.59. The molecule has 4 fully saturated rings. The Balaban J connectivity index is 1.25. The molecule has 0 saturated heterocycles. The maximum absolute atomic E-state index is 12.9. The van der Waals surface area contributed by atoms with Gasteiger partial charge in [-0.05, 0) is 99.8 Å². The van der Waals surface area contributed by atoms with Gasteiger partial charge < -0.3 is 10.6 Å². The normalized spacial score (nSPS) is 29.7. The molecule has 0 spiro atoms. The summed E-state index contributed by atoms with van der Waals surface area (Å²) in [5.74, 6) is 3.37. The molecule has 4 saturated carbocycles. The van der Waals surface area contributed by atoms with Crippen molar-refractivity contribution < 1.29 is 4.79 Å². The molecule has 2 aromatic rings. The molecule has 29 heavy (non-hydrogen) atoms. The predicted octanol–water partition coefficient (Wildman–Crippen LogP) is 5.38. The number of aryl methyl sites for hydroxylation is 2. The van der Waals surface area contributed by atoms with Crippen molar-refractivity contribution in [2.75, 3.05) is 10.6 Å². The number of amides is 1. The first kappa shape index (κ1) is 18.6. The Morgan fingerprint density at radius 1 is 0.966 bits per heavy atom. The second-order valence-electron chi connectivity index (χ2n) is 9.82. The molecule has 0 radical (unpaired) electrons. The van der Waals surface area contributed by atoms with E-state index >= 15 is 0 Å². The van der Waals surface area contributed by atoms with Crippen LogP contribution in [0.5, 0.6) is 0 Å². The molecule has 0 unspecified atom stereocenters. The molecule has 5 nitrogen and oxygen atoms in total. The summed E-state index contributed by atoms with van der Waals surface area (Å²) < 4.78 is 0. The van der Waals surface area contributed by atoms with Gasteiger partial charge in [0.1, 0.15) is 0 Å². The summed E-state index contributed by atoms with van der Waals surface area (Å²) in [5.41, 5.74) is 3.83. The van der Waals surface area contributed by atoms with Crippen LogP contribution in [0.25, 0.3) is 0 Å². The van der Waals surface area contributed by atoms with E-state index in [1.807, 2.05) is 44.2 Å². The number of hydrogen-bond acceptors (Lipinski definition) is 4. The van der Waals surface area contributed by atoms with Crippen molar-refractivity contribution in [3.63, 3.8) is 0 Å². The van der Waals surface area contributed by atoms with Crippen molar-refractivity contribution in [3.05, 3.63) is 41.7 Å². The lowest BCUT2D eigenvalue weighted by molar-refractivity contribution is -0.124. The van der Waals surface area contributed by atoms with Gasteiger partial charge in [0.2, 0.25) is 11.9 Å². The van der Waals surface area contributed by atoms with Crippen molar-refractivity contribution in [1.29, 1.82) is 0 Å². The molecule has 6 rings (SSSR count). The van der Waals surface area contributed by atoms with E-state index < -0.39 is 0 Å². The maximum atomic E-state index is 12.9. The fourth-order valence-corrected chi connectivity index (χ4v) is 6.64. The first-order chi connectivity index (χ1) is 13.9. The Morgan fingerprint density at radius 2 is 1.55 bits per heavy atom. The summed E-state index contributed by atoms with van der Waals surface area (Å²) in [6, 6.07) is 9.77. The average molecular weight is 391 g/mol. The predicted molar refractivity (Wildman–Crippen MR) is 115 cm³/mol. The highest BCUT2D eigenvalue weighted by Gasteiger charge is 2.51. The molecule has 4 aliphatic carbocycles. The topological polar surface area (TPSA) is 66.9 Å². The monoisotopic (exact) mass is 390 g/mol. The molecule has 2 N–H and O–H groups in total. The summed E-state index contributed by atoms with van der Waals surface area (Å²) in [7, 11) is 0. The van der Waals surface area contributed by atoms with E-state index in [-0.39, 0.29) is 11.3 Å². The second kappa shape index (κ2) is 7.12. The summed E-state index contributed by atoms with van der Waals surface area (Å²) in [6.45, 7) is 3.92. The smallest absolute Gasteiger partial charge is 0.227 e. The van der Waals surface area contributed by atoms with Crippen molar-refractivity contribution in [2.45, 2.75) is 58.8 Å². The number of carbonyl (C=O) groups is 1. The van der Waals surface area contributed by atoms with Gasteiger partial charge in [0.15, 0.2) is 0 Å². The molecule has 1 heterocycles. The van der Waals surface area contributed by atoms with Crippen molar-refractivity contribution in [3.8, 4) is 0 Å². The van der Waals surface area contributed by atoms with Crippen LogP contribution in [-0.4, -0.2) is 15.9 Å². The van der Waals surface area contributed by atoms with Crippen molar-refractivity contribution in [1.82, 2.24) is 9.97 Å². The van der Waals surface area contributed by atoms with Crippen LogP contribution < -0.4 is 10.6 Å². The van der Waals surface area contributed by atoms with Crippen LogP contribution in [0.15, 0.2) is 30.3 Å². The fourth-order valence-electron chi connectivity index (χ4n) is 6.64. The fraction of sp³-hybridized carbons (Fsp3) is 0.542. The third kappa shape index (κ3) is 4.00. The lowest BCUT2D eigenvalue weighted by atomic mass is 9.49.